The minimum Gasteiger partial charge on any atom is -0.453 e. The highest BCUT2D eigenvalue weighted by atomic mass is 28.4. The molecule has 0 saturated carbocycles. The number of benzene rings is 6. The van der Waals surface area contributed by atoms with Crippen LogP contribution in [0.2, 0.25) is 5.04 Å². The molecule has 0 heterocycles. The van der Waals surface area contributed by atoms with Crippen molar-refractivity contribution in [1.82, 2.24) is 0 Å². The van der Waals surface area contributed by atoms with E-state index in [1.54, 1.807) is 0 Å². The number of non-ortho nitro benzene ring substituents is 1. The number of nitrogens with zero attached hydrogens (tertiary/aromatic N) is 1. The van der Waals surface area contributed by atoms with Gasteiger partial charge in [-0.1, -0.05) is 172 Å². The van der Waals surface area contributed by atoms with Crippen molar-refractivity contribution in [1.29, 1.82) is 0 Å². The van der Waals surface area contributed by atoms with Crippen molar-refractivity contribution in [2.24, 2.45) is 0 Å². The average molecular weight is 810 g/mol. The minimum atomic E-state index is -3.09. The van der Waals surface area contributed by atoms with Gasteiger partial charge in [-0.2, -0.15) is 0 Å². The summed E-state index contributed by atoms with van der Waals surface area (Å²) < 4.78 is 33.9. The molecule has 0 radical (unpaired) electrons. The zero-order chi connectivity index (χ0) is 41.5. The summed E-state index contributed by atoms with van der Waals surface area (Å²) in [5.74, 6) is -0.684. The minimum absolute atomic E-state index is 0.0442. The number of ether oxygens (including phenoxy) is 4. The van der Waals surface area contributed by atoms with Gasteiger partial charge in [0.1, 0.15) is 12.2 Å². The molecule has 0 aliphatic rings. The summed E-state index contributed by atoms with van der Waals surface area (Å²) in [6.07, 6.45) is -2.70. The van der Waals surface area contributed by atoms with E-state index in [0.717, 1.165) is 27.1 Å². The van der Waals surface area contributed by atoms with Crippen LogP contribution in [0, 0.1) is 10.1 Å². The highest BCUT2D eigenvalue weighted by molar-refractivity contribution is 6.99. The van der Waals surface area contributed by atoms with Crippen LogP contribution < -0.4 is 10.4 Å². The predicted octanol–water partition coefficient (Wildman–Crippen LogP) is 9.08. The number of carbonyl (C=O) groups is 1. The highest BCUT2D eigenvalue weighted by Gasteiger charge is 2.51. The maximum absolute atomic E-state index is 14.0. The Balaban J connectivity index is 1.42. The Bertz CT molecular complexity index is 2130. The molecule has 10 heteroatoms. The van der Waals surface area contributed by atoms with E-state index in [0.29, 0.717) is 0 Å². The molecule has 9 nitrogen and oxygen atoms in total. The predicted molar refractivity (Wildman–Crippen MR) is 232 cm³/mol. The van der Waals surface area contributed by atoms with Gasteiger partial charge in [-0.25, -0.2) is 4.79 Å². The molecule has 59 heavy (non-hydrogen) atoms. The molecule has 0 saturated heterocycles. The molecule has 0 spiro atoms. The highest BCUT2D eigenvalue weighted by Crippen LogP contribution is 2.37. The zero-order valence-corrected chi connectivity index (χ0v) is 34.7. The number of carbonyl (C=O) groups excluding carboxylic acids is 1. The van der Waals surface area contributed by atoms with Crippen molar-refractivity contribution in [3.63, 3.8) is 0 Å². The van der Waals surface area contributed by atoms with Gasteiger partial charge < -0.3 is 23.4 Å². The van der Waals surface area contributed by atoms with Crippen molar-refractivity contribution in [2.75, 3.05) is 13.2 Å². The lowest BCUT2D eigenvalue weighted by Crippen LogP contribution is -2.67. The van der Waals surface area contributed by atoms with Crippen molar-refractivity contribution < 1.29 is 33.1 Å². The van der Waals surface area contributed by atoms with E-state index in [1.165, 1.54) is 24.3 Å². The van der Waals surface area contributed by atoms with E-state index in [1.807, 2.05) is 127 Å². The molecule has 0 aromatic heterocycles. The fraction of sp³-hybridized carbons (Fsp3) is 0.245. The second-order valence-corrected chi connectivity index (χ2v) is 19.6. The standard InChI is InChI=1S/C49H51NO8Si/c1-49(2,3)59(43-25-15-7-16-26-43,44-27-17-8-18-28-44)57-37-45(55-34-39-21-11-5-12-22-39)47(56-35-40-23-13-6-14-24-40)46(36-54-33-38-19-9-4-10-20-38)58-48(51)41-29-31-42(32-30-41)50(52)53/h4-32,45-47H,33-37H2,1-3H3/t45-,46-,47-/m0/s1. The summed E-state index contributed by atoms with van der Waals surface area (Å²) in [6.45, 7) is 7.36. The molecule has 304 valence electrons. The Labute approximate surface area is 347 Å². The van der Waals surface area contributed by atoms with Crippen molar-refractivity contribution in [2.45, 2.75) is 63.9 Å². The van der Waals surface area contributed by atoms with Crippen molar-refractivity contribution in [3.8, 4) is 0 Å². The molecule has 0 aliphatic carbocycles. The van der Waals surface area contributed by atoms with E-state index in [4.69, 9.17) is 23.4 Å². The fourth-order valence-electron chi connectivity index (χ4n) is 7.19. The lowest BCUT2D eigenvalue weighted by Gasteiger charge is -2.44. The monoisotopic (exact) mass is 809 g/mol. The Kier molecular flexibility index (Phi) is 15.1. The summed E-state index contributed by atoms with van der Waals surface area (Å²) in [5, 5.41) is 13.3. The third-order valence-electron chi connectivity index (χ3n) is 10.2. The number of nitro benzene ring substituents is 1. The number of rotatable bonds is 20. The third-order valence-corrected chi connectivity index (χ3v) is 15.2. The largest absolute Gasteiger partial charge is 0.453 e. The first-order chi connectivity index (χ1) is 28.6. The lowest BCUT2D eigenvalue weighted by atomic mass is 10.1. The van der Waals surface area contributed by atoms with Gasteiger partial charge in [0, 0.05) is 12.1 Å². The average Bonchev–Trinajstić information content (AvgIpc) is 3.26. The number of esters is 1. The summed E-state index contributed by atoms with van der Waals surface area (Å²) in [4.78, 5) is 24.9. The normalized spacial score (nSPS) is 13.3. The van der Waals surface area contributed by atoms with Crippen LogP contribution in [0.3, 0.4) is 0 Å². The van der Waals surface area contributed by atoms with Gasteiger partial charge in [-0.3, -0.25) is 10.1 Å². The topological polar surface area (TPSA) is 106 Å². The van der Waals surface area contributed by atoms with Crippen LogP contribution in [0.5, 0.6) is 0 Å². The maximum Gasteiger partial charge on any atom is 0.338 e. The van der Waals surface area contributed by atoms with Crippen LogP contribution in [-0.4, -0.2) is 50.7 Å². The summed E-state index contributed by atoms with van der Waals surface area (Å²) in [7, 11) is -3.09. The third kappa shape index (κ3) is 11.5. The summed E-state index contributed by atoms with van der Waals surface area (Å²) >= 11 is 0. The van der Waals surface area contributed by atoms with Gasteiger partial charge in [0.15, 0.2) is 6.10 Å². The Morgan fingerprint density at radius 2 is 1.02 bits per heavy atom. The first kappa shape index (κ1) is 42.8. The summed E-state index contributed by atoms with van der Waals surface area (Å²) in [6, 6.07) is 55.5. The molecule has 0 unspecified atom stereocenters. The molecule has 6 aromatic rings. The quantitative estimate of drug-likeness (QED) is 0.0326. The van der Waals surface area contributed by atoms with E-state index in [9.17, 15) is 14.9 Å². The molecular formula is C49H51NO8Si. The van der Waals surface area contributed by atoms with Gasteiger partial charge in [-0.05, 0) is 44.2 Å². The van der Waals surface area contributed by atoms with Gasteiger partial charge in [-0.15, -0.1) is 0 Å². The van der Waals surface area contributed by atoms with E-state index in [-0.39, 0.29) is 49.3 Å². The molecule has 3 atom stereocenters. The molecule has 0 aliphatic heterocycles. The molecule has 0 fully saturated rings. The second kappa shape index (κ2) is 20.8. The number of hydrogen-bond donors (Lipinski definition) is 0. The van der Waals surface area contributed by atoms with Gasteiger partial charge in [0.2, 0.25) is 0 Å². The fourth-order valence-corrected chi connectivity index (χ4v) is 11.8. The van der Waals surface area contributed by atoms with Crippen LogP contribution in [0.1, 0.15) is 47.8 Å². The summed E-state index contributed by atoms with van der Waals surface area (Å²) in [5.41, 5.74) is 2.82. The van der Waals surface area contributed by atoms with Crippen molar-refractivity contribution in [3.05, 3.63) is 208 Å². The second-order valence-electron chi connectivity index (χ2n) is 15.3. The lowest BCUT2D eigenvalue weighted by molar-refractivity contribution is -0.384. The molecule has 6 aromatic carbocycles. The molecular weight excluding hydrogens is 759 g/mol. The zero-order valence-electron chi connectivity index (χ0n) is 33.7. The smallest absolute Gasteiger partial charge is 0.338 e. The van der Waals surface area contributed by atoms with Crippen LogP contribution in [0.4, 0.5) is 5.69 Å². The molecule has 0 bridgehead atoms. The van der Waals surface area contributed by atoms with Gasteiger partial charge in [0.25, 0.3) is 14.0 Å². The first-order valence-electron chi connectivity index (χ1n) is 19.8. The van der Waals surface area contributed by atoms with Gasteiger partial charge >= 0.3 is 5.97 Å². The van der Waals surface area contributed by atoms with Gasteiger partial charge in [0.05, 0.1) is 43.5 Å². The van der Waals surface area contributed by atoms with Crippen LogP contribution in [-0.2, 0) is 43.2 Å². The van der Waals surface area contributed by atoms with Crippen molar-refractivity contribution >= 4 is 30.3 Å². The maximum atomic E-state index is 14.0. The van der Waals surface area contributed by atoms with Crippen LogP contribution in [0.15, 0.2) is 176 Å². The number of nitro groups is 1. The molecule has 0 amide bonds. The van der Waals surface area contributed by atoms with Crippen LogP contribution in [0.25, 0.3) is 0 Å². The van der Waals surface area contributed by atoms with E-state index < -0.39 is 37.5 Å². The SMILES string of the molecule is CC(C)(C)[Si](OC[C@H](OCc1ccccc1)[C@H](OCc1ccccc1)[C@H](COCc1ccccc1)OC(=O)c1ccc([N+](=O)[O-])cc1)(c1ccccc1)c1ccccc1. The Hall–Kier alpha value is -5.75. The van der Waals surface area contributed by atoms with E-state index in [2.05, 4.69) is 45.0 Å². The molecule has 6 rings (SSSR count). The molecule has 0 N–H and O–H groups in total. The number of hydrogen-bond acceptors (Lipinski definition) is 8. The van der Waals surface area contributed by atoms with E-state index >= 15 is 0 Å². The Morgan fingerprint density at radius 3 is 1.47 bits per heavy atom. The Morgan fingerprint density at radius 1 is 0.576 bits per heavy atom. The first-order valence-corrected chi connectivity index (χ1v) is 21.7. The van der Waals surface area contributed by atoms with Crippen LogP contribution >= 0.6 is 0 Å².